The molecule has 0 radical (unpaired) electrons. The average Bonchev–Trinajstić information content (AvgIpc) is 3.41. The van der Waals surface area contributed by atoms with Crippen molar-refractivity contribution in [2.24, 2.45) is 0 Å². The summed E-state index contributed by atoms with van der Waals surface area (Å²) in [5.74, 6) is 1.01. The van der Waals surface area contributed by atoms with Crippen LogP contribution < -0.4 is 24.4 Å². The van der Waals surface area contributed by atoms with Gasteiger partial charge in [0, 0.05) is 24.4 Å². The lowest BCUT2D eigenvalue weighted by molar-refractivity contribution is -0.286. The summed E-state index contributed by atoms with van der Waals surface area (Å²) in [7, 11) is 0. The Bertz CT molecular complexity index is 1450. The van der Waals surface area contributed by atoms with E-state index in [0.717, 1.165) is 0 Å². The Labute approximate surface area is 184 Å². The number of aromatic nitrogens is 4. The minimum absolute atomic E-state index is 0.0818. The summed E-state index contributed by atoms with van der Waals surface area (Å²) < 4.78 is 49.8. The minimum atomic E-state index is -3.72. The third-order valence-electron chi connectivity index (χ3n) is 5.11. The van der Waals surface area contributed by atoms with Crippen molar-refractivity contribution in [3.8, 4) is 45.8 Å². The zero-order valence-electron chi connectivity index (χ0n) is 16.8. The van der Waals surface area contributed by atoms with E-state index in [2.05, 4.69) is 19.7 Å². The van der Waals surface area contributed by atoms with E-state index in [9.17, 15) is 13.6 Å². The number of fused-ring (bicyclic) bond motifs is 2. The van der Waals surface area contributed by atoms with Crippen molar-refractivity contribution in [2.45, 2.75) is 6.29 Å². The van der Waals surface area contributed by atoms with E-state index in [4.69, 9.17) is 9.47 Å². The number of nitrogens with zero attached hydrogens (tertiary/aromatic N) is 4. The van der Waals surface area contributed by atoms with Crippen LogP contribution in [0.1, 0.15) is 0 Å². The lowest BCUT2D eigenvalue weighted by Gasteiger charge is -2.19. The Morgan fingerprint density at radius 2 is 1.58 bits per heavy atom. The molecule has 11 heteroatoms. The normalized spacial score (nSPS) is 15.5. The maximum atomic E-state index is 13.4. The molecule has 2 aromatic carbocycles. The molecule has 166 valence electrons. The standard InChI is InChI=1S/C22H14F2N4O5/c23-22(24)32-18-4-1-13(11-20(18)33-22)27-8-6-16(29)21(26-27)15-5-7-25-28(15)14-2-3-17-19(12-14)31-10-9-30-17/h1-8,11-12H,9-10H2. The monoisotopic (exact) mass is 452 g/mol. The number of hydrogen-bond donors (Lipinski definition) is 0. The third-order valence-corrected chi connectivity index (χ3v) is 5.11. The summed E-state index contributed by atoms with van der Waals surface area (Å²) in [6.07, 6.45) is -0.737. The van der Waals surface area contributed by atoms with Gasteiger partial charge in [0.15, 0.2) is 28.7 Å². The first-order valence-electron chi connectivity index (χ1n) is 9.92. The van der Waals surface area contributed by atoms with Gasteiger partial charge in [-0.2, -0.15) is 10.2 Å². The van der Waals surface area contributed by atoms with Gasteiger partial charge in [-0.15, -0.1) is 8.78 Å². The van der Waals surface area contributed by atoms with Crippen molar-refractivity contribution >= 4 is 0 Å². The molecule has 0 bridgehead atoms. The van der Waals surface area contributed by atoms with Crippen LogP contribution in [0.4, 0.5) is 8.78 Å². The van der Waals surface area contributed by atoms with Crippen molar-refractivity contribution in [3.05, 3.63) is 71.1 Å². The molecule has 0 amide bonds. The first-order chi connectivity index (χ1) is 16.0. The Morgan fingerprint density at radius 1 is 0.848 bits per heavy atom. The number of rotatable bonds is 3. The van der Waals surface area contributed by atoms with E-state index in [1.54, 1.807) is 35.1 Å². The topological polar surface area (TPSA) is 89.6 Å². The second-order valence-electron chi connectivity index (χ2n) is 7.23. The van der Waals surface area contributed by atoms with E-state index in [1.165, 1.54) is 35.1 Å². The number of alkyl halides is 2. The van der Waals surface area contributed by atoms with Crippen LogP contribution in [-0.2, 0) is 0 Å². The van der Waals surface area contributed by atoms with Gasteiger partial charge in [0.1, 0.15) is 13.2 Å². The Kier molecular flexibility index (Phi) is 4.12. The molecule has 2 aliphatic heterocycles. The molecule has 6 rings (SSSR count). The highest BCUT2D eigenvalue weighted by atomic mass is 19.3. The summed E-state index contributed by atoms with van der Waals surface area (Å²) >= 11 is 0. The van der Waals surface area contributed by atoms with E-state index < -0.39 is 6.29 Å². The van der Waals surface area contributed by atoms with Crippen LogP contribution in [0.5, 0.6) is 23.0 Å². The van der Waals surface area contributed by atoms with Crippen LogP contribution in [0.2, 0.25) is 0 Å². The summed E-state index contributed by atoms with van der Waals surface area (Å²) in [5.41, 5.74) is 1.28. The molecule has 4 heterocycles. The van der Waals surface area contributed by atoms with E-state index in [0.29, 0.717) is 41.8 Å². The van der Waals surface area contributed by atoms with Gasteiger partial charge in [0.2, 0.25) is 5.43 Å². The molecular formula is C22H14F2N4O5. The van der Waals surface area contributed by atoms with Gasteiger partial charge in [-0.25, -0.2) is 9.36 Å². The highest BCUT2D eigenvalue weighted by Crippen LogP contribution is 2.41. The molecular weight excluding hydrogens is 438 g/mol. The Morgan fingerprint density at radius 3 is 2.45 bits per heavy atom. The second kappa shape index (κ2) is 7.05. The molecule has 0 atom stereocenters. The van der Waals surface area contributed by atoms with Crippen molar-refractivity contribution in [1.82, 2.24) is 19.6 Å². The largest absolute Gasteiger partial charge is 0.586 e. The highest BCUT2D eigenvalue weighted by Gasteiger charge is 2.43. The predicted molar refractivity (Wildman–Crippen MR) is 110 cm³/mol. The highest BCUT2D eigenvalue weighted by molar-refractivity contribution is 5.59. The summed E-state index contributed by atoms with van der Waals surface area (Å²) in [5, 5.41) is 8.75. The molecule has 0 saturated heterocycles. The zero-order valence-corrected chi connectivity index (χ0v) is 16.8. The van der Waals surface area contributed by atoms with Gasteiger partial charge in [0.25, 0.3) is 0 Å². The summed E-state index contributed by atoms with van der Waals surface area (Å²) in [6.45, 7) is 0.916. The fourth-order valence-electron chi connectivity index (χ4n) is 3.66. The van der Waals surface area contributed by atoms with E-state index in [1.807, 2.05) is 0 Å². The van der Waals surface area contributed by atoms with Crippen LogP contribution in [-0.4, -0.2) is 39.1 Å². The van der Waals surface area contributed by atoms with Gasteiger partial charge < -0.3 is 18.9 Å². The number of benzene rings is 2. The van der Waals surface area contributed by atoms with Gasteiger partial charge in [-0.1, -0.05) is 0 Å². The molecule has 0 saturated carbocycles. The van der Waals surface area contributed by atoms with Crippen molar-refractivity contribution in [3.63, 3.8) is 0 Å². The van der Waals surface area contributed by atoms with Crippen molar-refractivity contribution in [2.75, 3.05) is 13.2 Å². The lowest BCUT2D eigenvalue weighted by Crippen LogP contribution is -2.25. The molecule has 33 heavy (non-hydrogen) atoms. The smallest absolute Gasteiger partial charge is 0.486 e. The second-order valence-corrected chi connectivity index (χ2v) is 7.23. The van der Waals surface area contributed by atoms with E-state index in [-0.39, 0.29) is 22.6 Å². The molecule has 4 aromatic rings. The number of hydrogen-bond acceptors (Lipinski definition) is 7. The van der Waals surface area contributed by atoms with Crippen LogP contribution in [0.3, 0.4) is 0 Å². The van der Waals surface area contributed by atoms with Crippen molar-refractivity contribution in [1.29, 1.82) is 0 Å². The predicted octanol–water partition coefficient (Wildman–Crippen LogP) is 3.18. The molecule has 9 nitrogen and oxygen atoms in total. The molecule has 2 aliphatic rings. The fourth-order valence-corrected chi connectivity index (χ4v) is 3.66. The molecule has 0 spiro atoms. The average molecular weight is 452 g/mol. The summed E-state index contributed by atoms with van der Waals surface area (Å²) in [4.78, 5) is 12.7. The fraction of sp³-hybridized carbons (Fsp3) is 0.136. The van der Waals surface area contributed by atoms with Gasteiger partial charge >= 0.3 is 6.29 Å². The van der Waals surface area contributed by atoms with Gasteiger partial charge in [0.05, 0.1) is 23.3 Å². The number of halogens is 2. The van der Waals surface area contributed by atoms with Crippen LogP contribution >= 0.6 is 0 Å². The van der Waals surface area contributed by atoms with Crippen LogP contribution in [0, 0.1) is 0 Å². The SMILES string of the molecule is O=c1ccn(-c2ccc3c(c2)OC(F)(F)O3)nc1-c1ccnn1-c1ccc2c(c1)OCCO2. The molecule has 2 aromatic heterocycles. The molecule has 0 N–H and O–H groups in total. The molecule has 0 unspecified atom stereocenters. The Balaban J connectivity index is 1.40. The van der Waals surface area contributed by atoms with Crippen molar-refractivity contribution < 1.29 is 27.7 Å². The first kappa shape index (κ1) is 19.3. The van der Waals surface area contributed by atoms with E-state index >= 15 is 0 Å². The minimum Gasteiger partial charge on any atom is -0.486 e. The summed E-state index contributed by atoms with van der Waals surface area (Å²) in [6, 6.07) is 12.6. The van der Waals surface area contributed by atoms with Gasteiger partial charge in [-0.05, 0) is 30.3 Å². The molecule has 0 aliphatic carbocycles. The first-order valence-corrected chi connectivity index (χ1v) is 9.92. The van der Waals surface area contributed by atoms with Crippen LogP contribution in [0.25, 0.3) is 22.8 Å². The molecule has 0 fully saturated rings. The maximum absolute atomic E-state index is 13.4. The quantitative estimate of drug-likeness (QED) is 0.472. The lowest BCUT2D eigenvalue weighted by atomic mass is 10.2. The Hall–Kier alpha value is -4.41. The number of ether oxygens (including phenoxy) is 4. The third kappa shape index (κ3) is 3.34. The maximum Gasteiger partial charge on any atom is 0.586 e. The van der Waals surface area contributed by atoms with Gasteiger partial charge in [-0.3, -0.25) is 4.79 Å². The zero-order chi connectivity index (χ0) is 22.6. The van der Waals surface area contributed by atoms with Crippen LogP contribution in [0.15, 0.2) is 65.7 Å².